The largest absolute Gasteiger partial charge is 0.384 e. The van der Waals surface area contributed by atoms with Gasteiger partial charge in [-0.2, -0.15) is 10.4 Å². The van der Waals surface area contributed by atoms with Crippen LogP contribution in [-0.2, 0) is 26.2 Å². The Bertz CT molecular complexity index is 675. The van der Waals surface area contributed by atoms with Gasteiger partial charge >= 0.3 is 0 Å². The molecule has 6 heteroatoms. The Morgan fingerprint density at radius 1 is 1.48 bits per heavy atom. The van der Waals surface area contributed by atoms with Crippen molar-refractivity contribution in [3.63, 3.8) is 0 Å². The van der Waals surface area contributed by atoms with Crippen molar-refractivity contribution >= 4 is 0 Å². The molecule has 21 heavy (non-hydrogen) atoms. The van der Waals surface area contributed by atoms with E-state index in [4.69, 9.17) is 5.26 Å². The predicted molar refractivity (Wildman–Crippen MR) is 79.4 cm³/mol. The van der Waals surface area contributed by atoms with Gasteiger partial charge in [-0.1, -0.05) is 0 Å². The molecule has 2 rings (SSSR count). The van der Waals surface area contributed by atoms with E-state index < -0.39 is 5.60 Å². The van der Waals surface area contributed by atoms with Crippen LogP contribution >= 0.6 is 0 Å². The molecule has 1 unspecified atom stereocenters. The molecule has 0 saturated carbocycles. The zero-order valence-corrected chi connectivity index (χ0v) is 12.9. The molecule has 0 aliphatic rings. The summed E-state index contributed by atoms with van der Waals surface area (Å²) >= 11 is 0. The van der Waals surface area contributed by atoms with E-state index in [0.717, 1.165) is 16.8 Å². The summed E-state index contributed by atoms with van der Waals surface area (Å²) in [6.45, 7) is 4.76. The Balaban J connectivity index is 2.00. The number of nitrogens with zero attached hydrogens (tertiary/aromatic N) is 4. The maximum Gasteiger partial charge on any atom is 0.120 e. The molecule has 2 heterocycles. The highest BCUT2D eigenvalue weighted by molar-refractivity contribution is 5.34. The molecule has 1 atom stereocenters. The smallest absolute Gasteiger partial charge is 0.120 e. The number of aromatic nitrogens is 3. The number of hydrogen-bond donors (Lipinski definition) is 2. The molecule has 0 fully saturated rings. The normalized spacial score (nSPS) is 13.9. The van der Waals surface area contributed by atoms with Gasteiger partial charge in [0.2, 0.25) is 0 Å². The van der Waals surface area contributed by atoms with Crippen molar-refractivity contribution in [2.75, 3.05) is 6.54 Å². The lowest BCUT2D eigenvalue weighted by molar-refractivity contribution is 0.0566. The summed E-state index contributed by atoms with van der Waals surface area (Å²) < 4.78 is 3.54. The third kappa shape index (κ3) is 3.15. The van der Waals surface area contributed by atoms with Gasteiger partial charge in [0.05, 0.1) is 6.20 Å². The number of aliphatic hydroxyl groups is 1. The fraction of sp³-hybridized carbons (Fsp3) is 0.467. The first-order chi connectivity index (χ1) is 9.85. The number of aryl methyl sites for hydroxylation is 1. The van der Waals surface area contributed by atoms with Crippen LogP contribution < -0.4 is 5.32 Å². The summed E-state index contributed by atoms with van der Waals surface area (Å²) in [6.07, 6.45) is 3.48. The Hall–Kier alpha value is -2.10. The van der Waals surface area contributed by atoms with E-state index in [1.165, 1.54) is 0 Å². The first kappa shape index (κ1) is 15.3. The van der Waals surface area contributed by atoms with Crippen LogP contribution in [0.3, 0.4) is 0 Å². The van der Waals surface area contributed by atoms with E-state index in [-0.39, 0.29) is 0 Å². The Morgan fingerprint density at radius 3 is 2.71 bits per heavy atom. The second-order valence-electron chi connectivity index (χ2n) is 5.59. The summed E-state index contributed by atoms with van der Waals surface area (Å²) in [7, 11) is 3.70. The number of hydrogen-bond acceptors (Lipinski definition) is 4. The van der Waals surface area contributed by atoms with Crippen molar-refractivity contribution in [3.8, 4) is 6.07 Å². The van der Waals surface area contributed by atoms with Crippen LogP contribution in [0.4, 0.5) is 0 Å². The maximum atomic E-state index is 10.5. The number of nitriles is 1. The van der Waals surface area contributed by atoms with E-state index in [0.29, 0.717) is 18.8 Å². The molecule has 112 valence electrons. The van der Waals surface area contributed by atoms with Crippen molar-refractivity contribution < 1.29 is 5.11 Å². The molecule has 0 spiro atoms. The molecule has 0 aliphatic heterocycles. The predicted octanol–water partition coefficient (Wildman–Crippen LogP) is 0.936. The van der Waals surface area contributed by atoms with Gasteiger partial charge in [-0.3, -0.25) is 4.68 Å². The molecular formula is C15H21N5O. The van der Waals surface area contributed by atoms with Gasteiger partial charge in [0.1, 0.15) is 17.4 Å². The third-order valence-electron chi connectivity index (χ3n) is 3.87. The van der Waals surface area contributed by atoms with Crippen LogP contribution in [-0.4, -0.2) is 26.0 Å². The monoisotopic (exact) mass is 287 g/mol. The molecule has 2 aromatic rings. The zero-order valence-electron chi connectivity index (χ0n) is 12.9. The maximum absolute atomic E-state index is 10.5. The fourth-order valence-corrected chi connectivity index (χ4v) is 2.29. The number of nitrogens with one attached hydrogen (secondary N) is 1. The molecule has 0 aliphatic carbocycles. The summed E-state index contributed by atoms with van der Waals surface area (Å²) in [5.41, 5.74) is 2.56. The fourth-order valence-electron chi connectivity index (χ4n) is 2.29. The highest BCUT2D eigenvalue weighted by Gasteiger charge is 2.24. The van der Waals surface area contributed by atoms with Crippen LogP contribution in [0.2, 0.25) is 0 Å². The van der Waals surface area contributed by atoms with Crippen LogP contribution in [0.25, 0.3) is 0 Å². The van der Waals surface area contributed by atoms with Crippen LogP contribution in [0.1, 0.15) is 29.4 Å². The first-order valence-electron chi connectivity index (χ1n) is 6.82. The summed E-state index contributed by atoms with van der Waals surface area (Å²) in [5.74, 6) is 0. The van der Waals surface area contributed by atoms with Gasteiger partial charge in [0.25, 0.3) is 0 Å². The highest BCUT2D eigenvalue weighted by Crippen LogP contribution is 2.19. The first-order valence-corrected chi connectivity index (χ1v) is 6.82. The SMILES string of the molecule is Cc1c(CNCC(C)(O)c2cnn(C)c2)cc(C#N)n1C. The van der Waals surface area contributed by atoms with E-state index in [9.17, 15) is 5.11 Å². The lowest BCUT2D eigenvalue weighted by Gasteiger charge is -2.22. The standard InChI is InChI=1S/C15H21N5O/c1-11-12(5-14(6-16)20(11)4)7-17-10-15(2,21)13-8-18-19(3)9-13/h5,8-9,17,21H,7,10H2,1-4H3. The van der Waals surface area contributed by atoms with E-state index in [1.54, 1.807) is 17.8 Å². The van der Waals surface area contributed by atoms with E-state index >= 15 is 0 Å². The second-order valence-corrected chi connectivity index (χ2v) is 5.59. The minimum atomic E-state index is -0.977. The molecule has 0 aromatic carbocycles. The summed E-state index contributed by atoms with van der Waals surface area (Å²) in [6, 6.07) is 4.04. The average Bonchev–Trinajstić information content (AvgIpc) is 2.98. The molecule has 6 nitrogen and oxygen atoms in total. The van der Waals surface area contributed by atoms with Crippen molar-refractivity contribution in [2.24, 2.45) is 14.1 Å². The van der Waals surface area contributed by atoms with Gasteiger partial charge in [0.15, 0.2) is 0 Å². The molecule has 2 aromatic heterocycles. The van der Waals surface area contributed by atoms with Gasteiger partial charge in [-0.15, -0.1) is 0 Å². The Kier molecular flexibility index (Phi) is 4.16. The van der Waals surface area contributed by atoms with Gasteiger partial charge < -0.3 is 15.0 Å². The lowest BCUT2D eigenvalue weighted by atomic mass is 9.99. The van der Waals surface area contributed by atoms with Crippen LogP contribution in [0, 0.1) is 18.3 Å². The lowest BCUT2D eigenvalue weighted by Crippen LogP contribution is -2.35. The molecule has 0 bridgehead atoms. The molecular weight excluding hydrogens is 266 g/mol. The van der Waals surface area contributed by atoms with E-state index in [2.05, 4.69) is 16.5 Å². The topological polar surface area (TPSA) is 78.8 Å². The van der Waals surface area contributed by atoms with Gasteiger partial charge in [-0.05, 0) is 25.5 Å². The molecule has 0 saturated heterocycles. The molecule has 2 N–H and O–H groups in total. The van der Waals surface area contributed by atoms with Crippen molar-refractivity contribution in [3.05, 3.63) is 41.0 Å². The average molecular weight is 287 g/mol. The zero-order chi connectivity index (χ0) is 15.6. The molecule has 0 amide bonds. The molecule has 0 radical (unpaired) electrons. The minimum Gasteiger partial charge on any atom is -0.384 e. The highest BCUT2D eigenvalue weighted by atomic mass is 16.3. The van der Waals surface area contributed by atoms with Crippen molar-refractivity contribution in [1.29, 1.82) is 5.26 Å². The van der Waals surface area contributed by atoms with Crippen LogP contribution in [0.5, 0.6) is 0 Å². The van der Waals surface area contributed by atoms with E-state index in [1.807, 2.05) is 37.8 Å². The van der Waals surface area contributed by atoms with Gasteiger partial charge in [0, 0.05) is 44.6 Å². The number of rotatable bonds is 5. The minimum absolute atomic E-state index is 0.412. The quantitative estimate of drug-likeness (QED) is 0.857. The van der Waals surface area contributed by atoms with Crippen LogP contribution in [0.15, 0.2) is 18.5 Å². The Labute approximate surface area is 124 Å². The van der Waals surface area contributed by atoms with Crippen molar-refractivity contribution in [2.45, 2.75) is 26.0 Å². The van der Waals surface area contributed by atoms with Gasteiger partial charge in [-0.25, -0.2) is 0 Å². The summed E-state index contributed by atoms with van der Waals surface area (Å²) in [5, 5.41) is 26.8. The Morgan fingerprint density at radius 2 is 2.19 bits per heavy atom. The summed E-state index contributed by atoms with van der Waals surface area (Å²) in [4.78, 5) is 0. The third-order valence-corrected chi connectivity index (χ3v) is 3.87. The second kappa shape index (κ2) is 5.72. The van der Waals surface area contributed by atoms with Crippen molar-refractivity contribution in [1.82, 2.24) is 19.7 Å².